The number of amides is 2. The molecular formula is C23H33FN2O10. The van der Waals surface area contributed by atoms with Crippen LogP contribution in [0.4, 0.5) is 4.39 Å². The van der Waals surface area contributed by atoms with E-state index in [2.05, 4.69) is 10.6 Å². The highest BCUT2D eigenvalue weighted by Crippen LogP contribution is 2.27. The topological polar surface area (TPSA) is 176 Å². The summed E-state index contributed by atoms with van der Waals surface area (Å²) in [4.78, 5) is 23.2. The van der Waals surface area contributed by atoms with E-state index >= 15 is 0 Å². The third kappa shape index (κ3) is 6.95. The highest BCUT2D eigenvalue weighted by molar-refractivity contribution is 5.73. The van der Waals surface area contributed by atoms with Crippen molar-refractivity contribution in [3.8, 4) is 0 Å². The van der Waals surface area contributed by atoms with Crippen LogP contribution in [0, 0.1) is 0 Å². The smallest absolute Gasteiger partial charge is 0.217 e. The first-order valence-corrected chi connectivity index (χ1v) is 11.5. The van der Waals surface area contributed by atoms with Gasteiger partial charge in [0.15, 0.2) is 18.8 Å². The molecule has 3 rings (SSSR count). The van der Waals surface area contributed by atoms with Crippen LogP contribution >= 0.6 is 0 Å². The maximum Gasteiger partial charge on any atom is 0.217 e. The lowest BCUT2D eigenvalue weighted by atomic mass is 9.96. The number of alkyl halides is 1. The van der Waals surface area contributed by atoms with E-state index in [0.717, 1.165) is 12.5 Å². The Bertz CT molecular complexity index is 865. The Balaban J connectivity index is 1.71. The van der Waals surface area contributed by atoms with Crippen molar-refractivity contribution in [2.24, 2.45) is 0 Å². The van der Waals surface area contributed by atoms with Gasteiger partial charge in [0.1, 0.15) is 42.6 Å². The van der Waals surface area contributed by atoms with Gasteiger partial charge in [-0.1, -0.05) is 30.3 Å². The standard InChI is InChI=1S/C23H33FN2O10/c1-11(28)25-17-20(31)16(24)14(8-27)35-22(17)34-10-15-19(30)21(32)18(26-12(2)29)23(36-15)33-9-13-6-4-3-5-7-13/h3-7,14-23,27,30-32H,8-10H2,1-2H3,(H,25,28)(H,26,29)/t14-,15-,16-,17-,18-,19+,20+,21-,22-,23-/m1/s1. The lowest BCUT2D eigenvalue weighted by molar-refractivity contribution is -0.301. The van der Waals surface area contributed by atoms with Crippen molar-refractivity contribution in [3.63, 3.8) is 0 Å². The number of ether oxygens (including phenoxy) is 4. The summed E-state index contributed by atoms with van der Waals surface area (Å²) < 4.78 is 37.0. The molecule has 6 N–H and O–H groups in total. The Hall–Kier alpha value is -2.23. The average molecular weight is 517 g/mol. The molecule has 1 aromatic rings. The first kappa shape index (κ1) is 28.3. The Kier molecular flexibility index (Phi) is 10.1. The SMILES string of the molecule is CC(=O)N[C@H]1[C@H](OCc2ccccc2)O[C@H](CO[C@@H]2O[C@H](CO)[C@@H](F)[C@H](O)[C@H]2NC(C)=O)[C@H](O)[C@@H]1O. The van der Waals surface area contributed by atoms with Crippen LogP contribution in [-0.2, 0) is 35.1 Å². The molecule has 0 radical (unpaired) electrons. The fourth-order valence-electron chi connectivity index (χ4n) is 4.13. The first-order valence-electron chi connectivity index (χ1n) is 11.5. The van der Waals surface area contributed by atoms with Gasteiger partial charge in [0.2, 0.25) is 11.8 Å². The Morgan fingerprint density at radius 1 is 0.889 bits per heavy atom. The zero-order valence-corrected chi connectivity index (χ0v) is 19.9. The van der Waals surface area contributed by atoms with Crippen molar-refractivity contribution < 1.29 is 53.4 Å². The van der Waals surface area contributed by atoms with Crippen molar-refractivity contribution in [1.29, 1.82) is 0 Å². The normalized spacial score (nSPS) is 36.8. The molecule has 2 fully saturated rings. The van der Waals surface area contributed by atoms with Crippen molar-refractivity contribution in [2.45, 2.75) is 81.8 Å². The number of hydrogen-bond acceptors (Lipinski definition) is 10. The minimum atomic E-state index is -1.99. The number of nitrogens with one attached hydrogen (secondary N) is 2. The molecule has 0 saturated carbocycles. The summed E-state index contributed by atoms with van der Waals surface area (Å²) in [5.41, 5.74) is 0.801. The summed E-state index contributed by atoms with van der Waals surface area (Å²) >= 11 is 0. The zero-order chi connectivity index (χ0) is 26.4. The average Bonchev–Trinajstić information content (AvgIpc) is 2.85. The molecule has 2 aliphatic rings. The van der Waals surface area contributed by atoms with Gasteiger partial charge in [-0.3, -0.25) is 9.59 Å². The predicted molar refractivity (Wildman–Crippen MR) is 120 cm³/mol. The summed E-state index contributed by atoms with van der Waals surface area (Å²) in [6.45, 7) is 1.30. The van der Waals surface area contributed by atoms with E-state index in [1.165, 1.54) is 6.92 Å². The van der Waals surface area contributed by atoms with Gasteiger partial charge in [0.05, 0.1) is 19.8 Å². The molecule has 0 aromatic heterocycles. The third-order valence-electron chi connectivity index (χ3n) is 5.95. The summed E-state index contributed by atoms with van der Waals surface area (Å²) in [5, 5.41) is 45.9. The number of aliphatic hydroxyl groups excluding tert-OH is 4. The minimum Gasteiger partial charge on any atom is -0.394 e. The van der Waals surface area contributed by atoms with Gasteiger partial charge in [0.25, 0.3) is 0 Å². The van der Waals surface area contributed by atoms with E-state index in [0.29, 0.717) is 0 Å². The lowest BCUT2D eigenvalue weighted by Gasteiger charge is -2.44. The number of benzene rings is 1. The molecule has 0 spiro atoms. The van der Waals surface area contributed by atoms with Crippen molar-refractivity contribution in [3.05, 3.63) is 35.9 Å². The number of carbonyl (C=O) groups is 2. The molecule has 36 heavy (non-hydrogen) atoms. The number of halogens is 1. The summed E-state index contributed by atoms with van der Waals surface area (Å²) in [6.07, 6.45) is -11.9. The van der Waals surface area contributed by atoms with E-state index in [1.54, 1.807) is 0 Å². The molecule has 0 unspecified atom stereocenters. The van der Waals surface area contributed by atoms with Crippen LogP contribution in [0.15, 0.2) is 30.3 Å². The Morgan fingerprint density at radius 3 is 2.03 bits per heavy atom. The molecule has 10 atom stereocenters. The largest absolute Gasteiger partial charge is 0.394 e. The van der Waals surface area contributed by atoms with Crippen LogP contribution in [-0.4, -0.2) is 107 Å². The maximum atomic E-state index is 14.4. The van der Waals surface area contributed by atoms with Crippen LogP contribution in [0.3, 0.4) is 0 Å². The molecule has 13 heteroatoms. The van der Waals surface area contributed by atoms with Crippen LogP contribution < -0.4 is 10.6 Å². The fourth-order valence-corrected chi connectivity index (χ4v) is 4.13. The van der Waals surface area contributed by atoms with E-state index in [-0.39, 0.29) is 6.61 Å². The summed E-state index contributed by atoms with van der Waals surface area (Å²) in [6, 6.07) is 6.67. The third-order valence-corrected chi connectivity index (χ3v) is 5.95. The molecule has 202 valence electrons. The fraction of sp³-hybridized carbons (Fsp3) is 0.652. The van der Waals surface area contributed by atoms with Crippen molar-refractivity contribution >= 4 is 11.8 Å². The molecule has 2 amide bonds. The molecule has 1 aromatic carbocycles. The Morgan fingerprint density at radius 2 is 1.44 bits per heavy atom. The lowest BCUT2D eigenvalue weighted by Crippen LogP contribution is -2.66. The van der Waals surface area contributed by atoms with Crippen LogP contribution in [0.1, 0.15) is 19.4 Å². The minimum absolute atomic E-state index is 0.0799. The molecule has 0 bridgehead atoms. The number of hydrogen-bond donors (Lipinski definition) is 6. The summed E-state index contributed by atoms with van der Waals surface area (Å²) in [7, 11) is 0. The van der Waals surface area contributed by atoms with E-state index in [1.807, 2.05) is 30.3 Å². The van der Waals surface area contributed by atoms with Gasteiger partial charge in [-0.25, -0.2) is 4.39 Å². The van der Waals surface area contributed by atoms with Gasteiger partial charge < -0.3 is 50.0 Å². The predicted octanol–water partition coefficient (Wildman–Crippen LogP) is -1.91. The molecule has 2 saturated heterocycles. The van der Waals surface area contributed by atoms with E-state index in [4.69, 9.17) is 18.9 Å². The molecule has 0 aliphatic carbocycles. The Labute approximate surface area is 207 Å². The van der Waals surface area contributed by atoms with Gasteiger partial charge in [-0.2, -0.15) is 0 Å². The van der Waals surface area contributed by atoms with Gasteiger partial charge in [0, 0.05) is 13.8 Å². The van der Waals surface area contributed by atoms with Crippen LogP contribution in [0.25, 0.3) is 0 Å². The molecule has 2 aliphatic heterocycles. The summed E-state index contributed by atoms with van der Waals surface area (Å²) in [5.74, 6) is -1.06. The number of aliphatic hydroxyl groups is 4. The van der Waals surface area contributed by atoms with Crippen LogP contribution in [0.5, 0.6) is 0 Å². The maximum absolute atomic E-state index is 14.4. The van der Waals surface area contributed by atoms with E-state index < -0.39 is 86.4 Å². The monoisotopic (exact) mass is 516 g/mol. The second-order valence-electron chi connectivity index (χ2n) is 8.77. The molecular weight excluding hydrogens is 483 g/mol. The molecule has 12 nitrogen and oxygen atoms in total. The quantitative estimate of drug-likeness (QED) is 0.217. The second-order valence-corrected chi connectivity index (χ2v) is 8.77. The highest BCUT2D eigenvalue weighted by Gasteiger charge is 2.49. The van der Waals surface area contributed by atoms with Crippen LogP contribution in [0.2, 0.25) is 0 Å². The van der Waals surface area contributed by atoms with Crippen molar-refractivity contribution in [1.82, 2.24) is 10.6 Å². The van der Waals surface area contributed by atoms with Gasteiger partial charge in [-0.15, -0.1) is 0 Å². The van der Waals surface area contributed by atoms with E-state index in [9.17, 15) is 34.4 Å². The van der Waals surface area contributed by atoms with Gasteiger partial charge >= 0.3 is 0 Å². The van der Waals surface area contributed by atoms with Gasteiger partial charge in [-0.05, 0) is 5.56 Å². The number of rotatable bonds is 9. The second kappa shape index (κ2) is 12.8. The number of carbonyl (C=O) groups excluding carboxylic acids is 2. The van der Waals surface area contributed by atoms with Crippen molar-refractivity contribution in [2.75, 3.05) is 13.2 Å². The first-order chi connectivity index (χ1) is 17.1. The molecule has 2 heterocycles. The zero-order valence-electron chi connectivity index (χ0n) is 19.9. The highest BCUT2D eigenvalue weighted by atomic mass is 19.1.